The molecule has 2 aromatic carbocycles. The number of hydrogen-bond acceptors (Lipinski definition) is 5. The number of nitrogens with zero attached hydrogens (tertiary/aromatic N) is 1. The van der Waals surface area contributed by atoms with Crippen molar-refractivity contribution in [2.75, 3.05) is 13.1 Å². The predicted octanol–water partition coefficient (Wildman–Crippen LogP) is 4.13. The Morgan fingerprint density at radius 3 is 2.44 bits per heavy atom. The lowest BCUT2D eigenvalue weighted by Crippen LogP contribution is -2.60. The quantitative estimate of drug-likeness (QED) is 0.623. The van der Waals surface area contributed by atoms with Gasteiger partial charge in [0, 0.05) is 13.1 Å². The van der Waals surface area contributed by atoms with E-state index in [4.69, 9.17) is 9.57 Å². The van der Waals surface area contributed by atoms with E-state index in [9.17, 15) is 14.7 Å². The Hall–Kier alpha value is -2.90. The van der Waals surface area contributed by atoms with Gasteiger partial charge in [-0.2, -0.15) is 5.06 Å². The van der Waals surface area contributed by atoms with E-state index >= 15 is 0 Å². The van der Waals surface area contributed by atoms with Crippen LogP contribution in [-0.2, 0) is 27.4 Å². The van der Waals surface area contributed by atoms with Gasteiger partial charge in [-0.15, -0.1) is 0 Å². The van der Waals surface area contributed by atoms with Crippen molar-refractivity contribution < 1.29 is 24.3 Å². The average Bonchev–Trinajstić information content (AvgIpc) is 3.11. The number of carboxylic acids is 1. The summed E-state index contributed by atoms with van der Waals surface area (Å²) in [6.07, 6.45) is 0.654. The van der Waals surface area contributed by atoms with E-state index in [-0.39, 0.29) is 12.8 Å². The summed E-state index contributed by atoms with van der Waals surface area (Å²) in [6.45, 7) is 6.46. The van der Waals surface area contributed by atoms with Gasteiger partial charge in [-0.25, -0.2) is 9.59 Å². The molecule has 0 bridgehead atoms. The lowest BCUT2D eigenvalue weighted by atomic mass is 9.88. The van der Waals surface area contributed by atoms with Crippen LogP contribution in [0.2, 0.25) is 0 Å². The first-order chi connectivity index (χ1) is 15.2. The minimum Gasteiger partial charge on any atom is -0.480 e. The van der Waals surface area contributed by atoms with Gasteiger partial charge in [0.1, 0.15) is 11.1 Å². The molecule has 0 radical (unpaired) electrons. The SMILES string of the molecule is CC(C)(C)OC(=O)NC1(C(=O)O)CCN(OCc2cccc3c2Cc2ccccc2-3)CC1. The van der Waals surface area contributed by atoms with Gasteiger partial charge in [-0.3, -0.25) is 4.84 Å². The highest BCUT2D eigenvalue weighted by Crippen LogP contribution is 2.38. The van der Waals surface area contributed by atoms with Crippen molar-refractivity contribution in [2.24, 2.45) is 0 Å². The molecule has 7 heteroatoms. The van der Waals surface area contributed by atoms with E-state index in [1.807, 2.05) is 0 Å². The molecule has 7 nitrogen and oxygen atoms in total. The van der Waals surface area contributed by atoms with Crippen LogP contribution in [0.5, 0.6) is 0 Å². The van der Waals surface area contributed by atoms with Gasteiger partial charge in [0.25, 0.3) is 0 Å². The number of aliphatic carboxylic acids is 1. The van der Waals surface area contributed by atoms with E-state index in [0.29, 0.717) is 19.7 Å². The van der Waals surface area contributed by atoms with Crippen molar-refractivity contribution in [1.82, 2.24) is 10.4 Å². The van der Waals surface area contributed by atoms with Gasteiger partial charge in [-0.1, -0.05) is 42.5 Å². The van der Waals surface area contributed by atoms with E-state index in [1.54, 1.807) is 25.8 Å². The van der Waals surface area contributed by atoms with Gasteiger partial charge in [-0.05, 0) is 67.9 Å². The molecule has 0 saturated carbocycles. The summed E-state index contributed by atoms with van der Waals surface area (Å²) in [5, 5.41) is 14.2. The van der Waals surface area contributed by atoms with Crippen molar-refractivity contribution in [3.63, 3.8) is 0 Å². The summed E-state index contributed by atoms with van der Waals surface area (Å²) >= 11 is 0. The van der Waals surface area contributed by atoms with E-state index in [1.165, 1.54) is 22.3 Å². The fourth-order valence-electron chi connectivity index (χ4n) is 4.41. The molecular weight excluding hydrogens is 408 g/mol. The Morgan fingerprint density at radius 1 is 1.06 bits per heavy atom. The minimum absolute atomic E-state index is 0.236. The Balaban J connectivity index is 1.37. The number of benzene rings is 2. The maximum atomic E-state index is 12.2. The molecule has 1 aliphatic heterocycles. The van der Waals surface area contributed by atoms with Crippen LogP contribution in [0, 0.1) is 0 Å². The molecule has 170 valence electrons. The molecule has 1 aliphatic carbocycles. The lowest BCUT2D eigenvalue weighted by molar-refractivity contribution is -0.191. The predicted molar refractivity (Wildman–Crippen MR) is 120 cm³/mol. The number of hydroxylamine groups is 2. The van der Waals surface area contributed by atoms with Crippen LogP contribution in [0.1, 0.15) is 50.3 Å². The number of ether oxygens (including phenoxy) is 1. The third-order valence-corrected chi connectivity index (χ3v) is 6.08. The fraction of sp³-hybridized carbons (Fsp3) is 0.440. The lowest BCUT2D eigenvalue weighted by Gasteiger charge is -2.38. The van der Waals surface area contributed by atoms with Crippen molar-refractivity contribution in [2.45, 2.75) is 57.8 Å². The van der Waals surface area contributed by atoms with Gasteiger partial charge in [0.05, 0.1) is 6.61 Å². The topological polar surface area (TPSA) is 88.1 Å². The van der Waals surface area contributed by atoms with Crippen LogP contribution in [-0.4, -0.2) is 46.5 Å². The number of carbonyl (C=O) groups excluding carboxylic acids is 1. The molecule has 0 spiro atoms. The van der Waals surface area contributed by atoms with Crippen LogP contribution in [0.3, 0.4) is 0 Å². The molecule has 0 atom stereocenters. The monoisotopic (exact) mass is 438 g/mol. The number of rotatable bonds is 5. The summed E-state index contributed by atoms with van der Waals surface area (Å²) in [5.41, 5.74) is 4.25. The van der Waals surface area contributed by atoms with Crippen LogP contribution < -0.4 is 5.32 Å². The first kappa shape index (κ1) is 22.3. The number of nitrogens with one attached hydrogen (secondary N) is 1. The highest BCUT2D eigenvalue weighted by Gasteiger charge is 2.44. The Bertz CT molecular complexity index is 1020. The summed E-state index contributed by atoms with van der Waals surface area (Å²) < 4.78 is 5.26. The molecule has 1 fully saturated rings. The van der Waals surface area contributed by atoms with E-state index in [2.05, 4.69) is 47.8 Å². The van der Waals surface area contributed by atoms with Gasteiger partial charge < -0.3 is 15.2 Å². The highest BCUT2D eigenvalue weighted by atomic mass is 16.7. The molecule has 2 aliphatic rings. The van der Waals surface area contributed by atoms with E-state index in [0.717, 1.165) is 12.0 Å². The average molecular weight is 439 g/mol. The summed E-state index contributed by atoms with van der Waals surface area (Å²) in [6, 6.07) is 14.7. The molecule has 0 aromatic heterocycles. The number of amides is 1. The summed E-state index contributed by atoms with van der Waals surface area (Å²) in [7, 11) is 0. The van der Waals surface area contributed by atoms with E-state index < -0.39 is 23.2 Å². The smallest absolute Gasteiger partial charge is 0.408 e. The molecule has 32 heavy (non-hydrogen) atoms. The zero-order chi connectivity index (χ0) is 22.9. The maximum absolute atomic E-state index is 12.2. The molecule has 1 heterocycles. The number of hydrogen-bond donors (Lipinski definition) is 2. The van der Waals surface area contributed by atoms with Crippen LogP contribution in [0.25, 0.3) is 11.1 Å². The van der Waals surface area contributed by atoms with Crippen LogP contribution >= 0.6 is 0 Å². The number of carboxylic acid groups (broad SMARTS) is 1. The standard InChI is InChI=1S/C25H30N2O5/c1-24(2,3)32-23(30)26-25(22(28)29)11-13-27(14-12-25)31-16-18-8-6-10-20-19-9-5-4-7-17(19)15-21(18)20/h4-10H,11-16H2,1-3H3,(H,26,30)(H,28,29). The number of piperidine rings is 1. The van der Waals surface area contributed by atoms with Crippen molar-refractivity contribution in [3.8, 4) is 11.1 Å². The normalized spacial score (nSPS) is 17.3. The summed E-state index contributed by atoms with van der Waals surface area (Å²) in [4.78, 5) is 30.2. The largest absolute Gasteiger partial charge is 0.480 e. The van der Waals surface area contributed by atoms with Crippen molar-refractivity contribution in [1.29, 1.82) is 0 Å². The third kappa shape index (κ3) is 4.64. The first-order valence-corrected chi connectivity index (χ1v) is 11.0. The second-order valence-electron chi connectivity index (χ2n) is 9.49. The zero-order valence-electron chi connectivity index (χ0n) is 18.8. The van der Waals surface area contributed by atoms with Gasteiger partial charge >= 0.3 is 12.1 Å². The summed E-state index contributed by atoms with van der Waals surface area (Å²) in [5.74, 6) is -1.05. The number of fused-ring (bicyclic) bond motifs is 3. The fourth-order valence-corrected chi connectivity index (χ4v) is 4.41. The first-order valence-electron chi connectivity index (χ1n) is 11.0. The highest BCUT2D eigenvalue weighted by molar-refractivity contribution is 5.84. The Morgan fingerprint density at radius 2 is 1.75 bits per heavy atom. The molecule has 2 aromatic rings. The second kappa shape index (κ2) is 8.56. The van der Waals surface area contributed by atoms with Crippen LogP contribution in [0.4, 0.5) is 4.79 Å². The third-order valence-electron chi connectivity index (χ3n) is 6.08. The van der Waals surface area contributed by atoms with Crippen molar-refractivity contribution in [3.05, 3.63) is 59.2 Å². The molecule has 1 amide bonds. The Kier molecular flexibility index (Phi) is 5.97. The minimum atomic E-state index is -1.35. The second-order valence-corrected chi connectivity index (χ2v) is 9.49. The maximum Gasteiger partial charge on any atom is 0.408 e. The van der Waals surface area contributed by atoms with Crippen molar-refractivity contribution >= 4 is 12.1 Å². The molecule has 4 rings (SSSR count). The molecule has 2 N–H and O–H groups in total. The molecular formula is C25H30N2O5. The number of carbonyl (C=O) groups is 2. The Labute approximate surface area is 188 Å². The molecule has 0 unspecified atom stereocenters. The number of alkyl carbamates (subject to hydrolysis) is 1. The van der Waals surface area contributed by atoms with Gasteiger partial charge in [0.15, 0.2) is 0 Å². The van der Waals surface area contributed by atoms with Crippen LogP contribution in [0.15, 0.2) is 42.5 Å². The zero-order valence-corrected chi connectivity index (χ0v) is 18.8. The molecule has 1 saturated heterocycles. The van der Waals surface area contributed by atoms with Gasteiger partial charge in [0.2, 0.25) is 0 Å².